The lowest BCUT2D eigenvalue weighted by Gasteiger charge is -2.11. The molecule has 0 saturated heterocycles. The molecule has 2 N–H and O–H groups in total. The zero-order valence-electron chi connectivity index (χ0n) is 10.5. The van der Waals surface area contributed by atoms with Crippen molar-refractivity contribution in [3.05, 3.63) is 35.5 Å². The van der Waals surface area contributed by atoms with Crippen molar-refractivity contribution in [1.29, 1.82) is 0 Å². The number of aromatic nitrogens is 1. The van der Waals surface area contributed by atoms with E-state index in [-0.39, 0.29) is 12.1 Å². The summed E-state index contributed by atoms with van der Waals surface area (Å²) in [5.74, 6) is 2.54. The molecule has 0 aliphatic rings. The highest BCUT2D eigenvalue weighted by Crippen LogP contribution is 2.15. The molecule has 0 saturated carbocycles. The first-order chi connectivity index (χ1) is 8.54. The van der Waals surface area contributed by atoms with Crippen LogP contribution in [0.2, 0.25) is 0 Å². The van der Waals surface area contributed by atoms with E-state index in [9.17, 15) is 4.79 Å². The standard InChI is InChI=1S/C12H15N3O3/c1-7-4-5-10(17-7)9(3)13-12(16)14-11-6-8(2)18-15-11/h4-6,9H,1-3H3,(H2,13,14,15,16). The average Bonchev–Trinajstić information content (AvgIpc) is 2.87. The van der Waals surface area contributed by atoms with Crippen LogP contribution in [-0.4, -0.2) is 11.2 Å². The van der Waals surface area contributed by atoms with Crippen molar-refractivity contribution in [1.82, 2.24) is 10.5 Å². The van der Waals surface area contributed by atoms with E-state index in [0.717, 1.165) is 5.76 Å². The summed E-state index contributed by atoms with van der Waals surface area (Å²) in [5.41, 5.74) is 0. The van der Waals surface area contributed by atoms with Crippen LogP contribution >= 0.6 is 0 Å². The van der Waals surface area contributed by atoms with Gasteiger partial charge in [0.25, 0.3) is 0 Å². The molecule has 0 bridgehead atoms. The topological polar surface area (TPSA) is 80.3 Å². The quantitative estimate of drug-likeness (QED) is 0.876. The summed E-state index contributed by atoms with van der Waals surface area (Å²) in [6.45, 7) is 5.45. The summed E-state index contributed by atoms with van der Waals surface area (Å²) in [5, 5.41) is 8.98. The van der Waals surface area contributed by atoms with Gasteiger partial charge in [-0.1, -0.05) is 5.16 Å². The molecule has 2 aromatic rings. The number of nitrogens with zero attached hydrogens (tertiary/aromatic N) is 1. The summed E-state index contributed by atoms with van der Waals surface area (Å²) < 4.78 is 10.3. The summed E-state index contributed by atoms with van der Waals surface area (Å²) in [6.07, 6.45) is 0. The molecule has 0 radical (unpaired) electrons. The lowest BCUT2D eigenvalue weighted by molar-refractivity contribution is 0.247. The molecule has 2 amide bonds. The van der Waals surface area contributed by atoms with Gasteiger partial charge in [0.1, 0.15) is 17.3 Å². The van der Waals surface area contributed by atoms with E-state index in [1.807, 2.05) is 26.0 Å². The van der Waals surface area contributed by atoms with Gasteiger partial charge >= 0.3 is 6.03 Å². The molecule has 1 unspecified atom stereocenters. The molecular weight excluding hydrogens is 234 g/mol. The van der Waals surface area contributed by atoms with Crippen LogP contribution in [0.25, 0.3) is 0 Å². The van der Waals surface area contributed by atoms with Gasteiger partial charge in [0.2, 0.25) is 0 Å². The monoisotopic (exact) mass is 249 g/mol. The third-order valence-corrected chi connectivity index (χ3v) is 2.41. The molecule has 0 spiro atoms. The third kappa shape index (κ3) is 2.91. The van der Waals surface area contributed by atoms with Crippen molar-refractivity contribution in [2.75, 3.05) is 5.32 Å². The number of carbonyl (C=O) groups is 1. The molecule has 0 fully saturated rings. The zero-order valence-corrected chi connectivity index (χ0v) is 10.5. The lowest BCUT2D eigenvalue weighted by atomic mass is 10.2. The molecule has 96 valence electrons. The number of urea groups is 1. The van der Waals surface area contributed by atoms with Gasteiger partial charge in [-0.25, -0.2) is 4.79 Å². The van der Waals surface area contributed by atoms with Crippen molar-refractivity contribution < 1.29 is 13.7 Å². The van der Waals surface area contributed by atoms with Crippen molar-refractivity contribution in [2.45, 2.75) is 26.8 Å². The Kier molecular flexibility index (Phi) is 3.36. The Labute approximate surface area is 104 Å². The van der Waals surface area contributed by atoms with Gasteiger partial charge in [-0.3, -0.25) is 5.32 Å². The SMILES string of the molecule is Cc1cc(NC(=O)NC(C)c2ccc(C)o2)no1. The fraction of sp³-hybridized carbons (Fsp3) is 0.333. The second-order valence-electron chi connectivity index (χ2n) is 4.09. The lowest BCUT2D eigenvalue weighted by Crippen LogP contribution is -2.31. The van der Waals surface area contributed by atoms with E-state index in [2.05, 4.69) is 15.8 Å². The van der Waals surface area contributed by atoms with Crippen LogP contribution in [0.4, 0.5) is 10.6 Å². The van der Waals surface area contributed by atoms with Gasteiger partial charge in [0.05, 0.1) is 6.04 Å². The number of hydrogen-bond acceptors (Lipinski definition) is 4. The second kappa shape index (κ2) is 4.95. The number of furan rings is 1. The highest BCUT2D eigenvalue weighted by Gasteiger charge is 2.13. The highest BCUT2D eigenvalue weighted by atomic mass is 16.5. The van der Waals surface area contributed by atoms with E-state index in [0.29, 0.717) is 17.3 Å². The first kappa shape index (κ1) is 12.2. The van der Waals surface area contributed by atoms with Crippen molar-refractivity contribution in [2.24, 2.45) is 0 Å². The smallest absolute Gasteiger partial charge is 0.321 e. The summed E-state index contributed by atoms with van der Waals surface area (Å²) in [7, 11) is 0. The second-order valence-corrected chi connectivity index (χ2v) is 4.09. The normalized spacial score (nSPS) is 12.2. The Hall–Kier alpha value is -2.24. The Morgan fingerprint density at radius 3 is 2.67 bits per heavy atom. The maximum atomic E-state index is 11.7. The minimum Gasteiger partial charge on any atom is -0.464 e. The fourth-order valence-corrected chi connectivity index (χ4v) is 1.53. The van der Waals surface area contributed by atoms with Crippen LogP contribution in [0.3, 0.4) is 0 Å². The van der Waals surface area contributed by atoms with E-state index >= 15 is 0 Å². The van der Waals surface area contributed by atoms with Crippen LogP contribution in [0, 0.1) is 13.8 Å². The molecular formula is C12H15N3O3. The van der Waals surface area contributed by atoms with E-state index in [1.165, 1.54) is 0 Å². The molecule has 0 aromatic carbocycles. The van der Waals surface area contributed by atoms with Crippen LogP contribution < -0.4 is 10.6 Å². The molecule has 6 heteroatoms. The van der Waals surface area contributed by atoms with Crippen molar-refractivity contribution in [3.8, 4) is 0 Å². The minimum absolute atomic E-state index is 0.216. The van der Waals surface area contributed by atoms with E-state index < -0.39 is 0 Å². The van der Waals surface area contributed by atoms with Gasteiger partial charge in [0, 0.05) is 6.07 Å². The van der Waals surface area contributed by atoms with E-state index in [1.54, 1.807) is 13.0 Å². The number of rotatable bonds is 3. The highest BCUT2D eigenvalue weighted by molar-refractivity contribution is 5.88. The largest absolute Gasteiger partial charge is 0.464 e. The summed E-state index contributed by atoms with van der Waals surface area (Å²) in [6, 6.07) is 4.75. The number of hydrogen-bond donors (Lipinski definition) is 2. The first-order valence-electron chi connectivity index (χ1n) is 5.62. The fourth-order valence-electron chi connectivity index (χ4n) is 1.53. The van der Waals surface area contributed by atoms with Gasteiger partial charge in [0.15, 0.2) is 5.82 Å². The number of anilines is 1. The van der Waals surface area contributed by atoms with Crippen LogP contribution in [0.1, 0.15) is 30.2 Å². The molecule has 1 atom stereocenters. The molecule has 6 nitrogen and oxygen atoms in total. The summed E-state index contributed by atoms with van der Waals surface area (Å²) >= 11 is 0. The molecule has 2 rings (SSSR count). The van der Waals surface area contributed by atoms with Gasteiger partial charge in [-0.05, 0) is 32.9 Å². The Balaban J connectivity index is 1.91. The van der Waals surface area contributed by atoms with Crippen LogP contribution in [0.5, 0.6) is 0 Å². The number of carbonyl (C=O) groups excluding carboxylic acids is 1. The predicted octanol–water partition coefficient (Wildman–Crippen LogP) is 2.77. The zero-order chi connectivity index (χ0) is 13.1. The number of aryl methyl sites for hydroxylation is 2. The Morgan fingerprint density at radius 2 is 2.11 bits per heavy atom. The molecule has 0 aliphatic carbocycles. The van der Waals surface area contributed by atoms with E-state index in [4.69, 9.17) is 8.94 Å². The number of amides is 2. The van der Waals surface area contributed by atoms with Crippen molar-refractivity contribution >= 4 is 11.8 Å². The maximum absolute atomic E-state index is 11.7. The maximum Gasteiger partial charge on any atom is 0.321 e. The average molecular weight is 249 g/mol. The molecule has 2 heterocycles. The Morgan fingerprint density at radius 1 is 1.33 bits per heavy atom. The van der Waals surface area contributed by atoms with Gasteiger partial charge < -0.3 is 14.3 Å². The molecule has 0 aliphatic heterocycles. The van der Waals surface area contributed by atoms with Crippen LogP contribution in [0.15, 0.2) is 27.1 Å². The Bertz CT molecular complexity index is 544. The number of nitrogens with one attached hydrogen (secondary N) is 2. The van der Waals surface area contributed by atoms with Crippen molar-refractivity contribution in [3.63, 3.8) is 0 Å². The minimum atomic E-state index is -0.357. The van der Waals surface area contributed by atoms with Crippen LogP contribution in [-0.2, 0) is 0 Å². The molecule has 2 aromatic heterocycles. The first-order valence-corrected chi connectivity index (χ1v) is 5.62. The molecule has 18 heavy (non-hydrogen) atoms. The summed E-state index contributed by atoms with van der Waals surface area (Å²) in [4.78, 5) is 11.7. The van der Waals surface area contributed by atoms with Gasteiger partial charge in [-0.2, -0.15) is 0 Å². The third-order valence-electron chi connectivity index (χ3n) is 2.41. The van der Waals surface area contributed by atoms with Gasteiger partial charge in [-0.15, -0.1) is 0 Å². The predicted molar refractivity (Wildman–Crippen MR) is 65.3 cm³/mol.